The SMILES string of the molecule is CC(CC#N)N(C)C(=O)CCc1cccc(N)c1. The molecule has 1 aromatic rings. The number of carbonyl (C=O) groups is 1. The standard InChI is InChI=1S/C14H19N3O/c1-11(8-9-15)17(2)14(18)7-6-12-4-3-5-13(16)10-12/h3-5,10-11H,6-8,16H2,1-2H3. The molecule has 0 spiro atoms. The maximum Gasteiger partial charge on any atom is 0.222 e. The highest BCUT2D eigenvalue weighted by molar-refractivity contribution is 5.76. The first kappa shape index (κ1) is 14.0. The minimum absolute atomic E-state index is 0.0386. The number of rotatable bonds is 5. The molecule has 18 heavy (non-hydrogen) atoms. The summed E-state index contributed by atoms with van der Waals surface area (Å²) in [5, 5.41) is 8.60. The van der Waals surface area contributed by atoms with Gasteiger partial charge < -0.3 is 10.6 Å². The lowest BCUT2D eigenvalue weighted by molar-refractivity contribution is -0.131. The molecule has 0 aliphatic rings. The molecular weight excluding hydrogens is 226 g/mol. The predicted molar refractivity (Wildman–Crippen MR) is 71.6 cm³/mol. The van der Waals surface area contributed by atoms with Crippen LogP contribution in [-0.4, -0.2) is 23.9 Å². The minimum Gasteiger partial charge on any atom is -0.399 e. The smallest absolute Gasteiger partial charge is 0.222 e. The van der Waals surface area contributed by atoms with Gasteiger partial charge in [-0.15, -0.1) is 0 Å². The zero-order chi connectivity index (χ0) is 13.5. The van der Waals surface area contributed by atoms with Crippen LogP contribution >= 0.6 is 0 Å². The molecule has 4 heteroatoms. The zero-order valence-corrected chi connectivity index (χ0v) is 10.9. The summed E-state index contributed by atoms with van der Waals surface area (Å²) in [6.45, 7) is 1.88. The predicted octanol–water partition coefficient (Wildman–Crippen LogP) is 1.96. The molecule has 0 bridgehead atoms. The maximum atomic E-state index is 11.9. The number of benzene rings is 1. The molecule has 1 unspecified atom stereocenters. The van der Waals surface area contributed by atoms with Crippen LogP contribution in [0, 0.1) is 11.3 Å². The monoisotopic (exact) mass is 245 g/mol. The Morgan fingerprint density at radius 1 is 1.56 bits per heavy atom. The molecular formula is C14H19N3O. The molecule has 4 nitrogen and oxygen atoms in total. The van der Waals surface area contributed by atoms with Gasteiger partial charge in [-0.25, -0.2) is 0 Å². The number of hydrogen-bond donors (Lipinski definition) is 1. The lowest BCUT2D eigenvalue weighted by Crippen LogP contribution is -2.34. The van der Waals surface area contributed by atoms with Gasteiger partial charge in [0.15, 0.2) is 0 Å². The first-order valence-corrected chi connectivity index (χ1v) is 6.01. The first-order chi connectivity index (χ1) is 8.54. The van der Waals surface area contributed by atoms with Crippen molar-refractivity contribution in [3.05, 3.63) is 29.8 Å². The number of amides is 1. The molecule has 1 atom stereocenters. The number of aryl methyl sites for hydroxylation is 1. The largest absolute Gasteiger partial charge is 0.399 e. The Morgan fingerprint density at radius 2 is 2.28 bits per heavy atom. The van der Waals surface area contributed by atoms with E-state index in [4.69, 9.17) is 11.0 Å². The molecule has 1 rings (SSSR count). The van der Waals surface area contributed by atoms with Crippen LogP contribution in [0.5, 0.6) is 0 Å². The van der Waals surface area contributed by atoms with E-state index in [9.17, 15) is 4.79 Å². The average molecular weight is 245 g/mol. The fourth-order valence-electron chi connectivity index (χ4n) is 1.69. The van der Waals surface area contributed by atoms with Gasteiger partial charge in [0.05, 0.1) is 12.5 Å². The second kappa shape index (κ2) is 6.65. The van der Waals surface area contributed by atoms with E-state index in [-0.39, 0.29) is 11.9 Å². The van der Waals surface area contributed by atoms with Crippen molar-refractivity contribution < 1.29 is 4.79 Å². The molecule has 1 aromatic carbocycles. The van der Waals surface area contributed by atoms with Crippen molar-refractivity contribution in [3.8, 4) is 6.07 Å². The van der Waals surface area contributed by atoms with E-state index in [1.807, 2.05) is 31.2 Å². The number of nitrogens with zero attached hydrogens (tertiary/aromatic N) is 2. The Bertz CT molecular complexity index is 451. The van der Waals surface area contributed by atoms with Crippen molar-refractivity contribution in [1.29, 1.82) is 5.26 Å². The number of carbonyl (C=O) groups excluding carboxylic acids is 1. The summed E-state index contributed by atoms with van der Waals surface area (Å²) in [5.41, 5.74) is 7.46. The average Bonchev–Trinajstić information content (AvgIpc) is 2.35. The van der Waals surface area contributed by atoms with Crippen molar-refractivity contribution in [2.45, 2.75) is 32.2 Å². The molecule has 96 valence electrons. The van der Waals surface area contributed by atoms with Crippen LogP contribution in [0.1, 0.15) is 25.3 Å². The third kappa shape index (κ3) is 4.10. The lowest BCUT2D eigenvalue weighted by atomic mass is 10.1. The summed E-state index contributed by atoms with van der Waals surface area (Å²) in [7, 11) is 1.74. The van der Waals surface area contributed by atoms with E-state index in [0.717, 1.165) is 5.56 Å². The van der Waals surface area contributed by atoms with Crippen LogP contribution in [0.15, 0.2) is 24.3 Å². The molecule has 0 fully saturated rings. The van der Waals surface area contributed by atoms with Gasteiger partial charge in [0, 0.05) is 25.2 Å². The lowest BCUT2D eigenvalue weighted by Gasteiger charge is -2.22. The molecule has 0 heterocycles. The van der Waals surface area contributed by atoms with Crippen LogP contribution < -0.4 is 5.73 Å². The molecule has 0 aromatic heterocycles. The van der Waals surface area contributed by atoms with E-state index in [0.29, 0.717) is 24.9 Å². The second-order valence-electron chi connectivity index (χ2n) is 4.46. The van der Waals surface area contributed by atoms with Crippen LogP contribution in [-0.2, 0) is 11.2 Å². The van der Waals surface area contributed by atoms with Gasteiger partial charge in [0.2, 0.25) is 5.91 Å². The van der Waals surface area contributed by atoms with Crippen LogP contribution in [0.2, 0.25) is 0 Å². The molecule has 1 amide bonds. The Morgan fingerprint density at radius 3 is 2.89 bits per heavy atom. The Labute approximate surface area is 108 Å². The number of nitrogens with two attached hydrogens (primary N) is 1. The fraction of sp³-hybridized carbons (Fsp3) is 0.429. The fourth-order valence-corrected chi connectivity index (χ4v) is 1.69. The number of nitriles is 1. The normalized spacial score (nSPS) is 11.6. The summed E-state index contributed by atoms with van der Waals surface area (Å²) >= 11 is 0. The molecule has 0 saturated carbocycles. The number of anilines is 1. The van der Waals surface area contributed by atoms with Crippen molar-refractivity contribution in [3.63, 3.8) is 0 Å². The van der Waals surface area contributed by atoms with Crippen molar-refractivity contribution in [1.82, 2.24) is 4.90 Å². The Hall–Kier alpha value is -2.02. The van der Waals surface area contributed by atoms with Gasteiger partial charge in [0.25, 0.3) is 0 Å². The highest BCUT2D eigenvalue weighted by Crippen LogP contribution is 2.10. The Kier molecular flexibility index (Phi) is 5.19. The van der Waals surface area contributed by atoms with Crippen LogP contribution in [0.25, 0.3) is 0 Å². The molecule has 0 radical (unpaired) electrons. The number of hydrogen-bond acceptors (Lipinski definition) is 3. The van der Waals surface area contributed by atoms with Gasteiger partial charge >= 0.3 is 0 Å². The van der Waals surface area contributed by atoms with Crippen molar-refractivity contribution in [2.24, 2.45) is 0 Å². The van der Waals surface area contributed by atoms with E-state index in [1.165, 1.54) is 0 Å². The molecule has 0 saturated heterocycles. The summed E-state index contributed by atoms with van der Waals surface area (Å²) in [5.74, 6) is 0.0557. The van der Waals surface area contributed by atoms with Gasteiger partial charge in [-0.1, -0.05) is 12.1 Å². The molecule has 0 aliphatic heterocycles. The van der Waals surface area contributed by atoms with E-state index in [1.54, 1.807) is 11.9 Å². The first-order valence-electron chi connectivity index (χ1n) is 6.01. The zero-order valence-electron chi connectivity index (χ0n) is 10.9. The summed E-state index contributed by atoms with van der Waals surface area (Å²) in [6, 6.07) is 9.59. The molecule has 0 aliphatic carbocycles. The van der Waals surface area contributed by atoms with E-state index >= 15 is 0 Å². The second-order valence-corrected chi connectivity index (χ2v) is 4.46. The summed E-state index contributed by atoms with van der Waals surface area (Å²) in [6.07, 6.45) is 1.48. The van der Waals surface area contributed by atoms with E-state index in [2.05, 4.69) is 6.07 Å². The summed E-state index contributed by atoms with van der Waals surface area (Å²) in [4.78, 5) is 13.5. The van der Waals surface area contributed by atoms with Crippen LogP contribution in [0.3, 0.4) is 0 Å². The van der Waals surface area contributed by atoms with Gasteiger partial charge in [-0.3, -0.25) is 4.79 Å². The van der Waals surface area contributed by atoms with Gasteiger partial charge in [-0.2, -0.15) is 5.26 Å². The minimum atomic E-state index is -0.0386. The van der Waals surface area contributed by atoms with Crippen molar-refractivity contribution >= 4 is 11.6 Å². The maximum absolute atomic E-state index is 11.9. The Balaban J connectivity index is 2.49. The topological polar surface area (TPSA) is 70.1 Å². The highest BCUT2D eigenvalue weighted by Gasteiger charge is 2.14. The third-order valence-corrected chi connectivity index (χ3v) is 3.02. The summed E-state index contributed by atoms with van der Waals surface area (Å²) < 4.78 is 0. The highest BCUT2D eigenvalue weighted by atomic mass is 16.2. The van der Waals surface area contributed by atoms with E-state index < -0.39 is 0 Å². The van der Waals surface area contributed by atoms with Gasteiger partial charge in [0.1, 0.15) is 0 Å². The quantitative estimate of drug-likeness (QED) is 0.806. The van der Waals surface area contributed by atoms with Crippen LogP contribution in [0.4, 0.5) is 5.69 Å². The third-order valence-electron chi connectivity index (χ3n) is 3.02. The molecule has 2 N–H and O–H groups in total. The van der Waals surface area contributed by atoms with Crippen molar-refractivity contribution in [2.75, 3.05) is 12.8 Å². The number of nitrogen functional groups attached to an aromatic ring is 1. The van der Waals surface area contributed by atoms with Gasteiger partial charge in [-0.05, 0) is 31.0 Å².